The highest BCUT2D eigenvalue weighted by molar-refractivity contribution is 7.13. The number of likely N-dealkylation sites (tertiary alicyclic amines) is 1. The van der Waals surface area contributed by atoms with Gasteiger partial charge in [0, 0.05) is 20.1 Å². The zero-order chi connectivity index (χ0) is 13.8. The van der Waals surface area contributed by atoms with E-state index >= 15 is 0 Å². The van der Waals surface area contributed by atoms with Crippen molar-refractivity contribution in [3.8, 4) is 10.8 Å². The summed E-state index contributed by atoms with van der Waals surface area (Å²) in [5.41, 5.74) is 0.897. The van der Waals surface area contributed by atoms with Crippen molar-refractivity contribution in [1.29, 1.82) is 0 Å². The largest absolute Gasteiger partial charge is 0.443 e. The highest BCUT2D eigenvalue weighted by Gasteiger charge is 2.16. The van der Waals surface area contributed by atoms with Crippen molar-refractivity contribution in [3.63, 3.8) is 0 Å². The third-order valence-corrected chi connectivity index (χ3v) is 4.19. The van der Waals surface area contributed by atoms with E-state index in [-0.39, 0.29) is 0 Å². The average molecular weight is 290 g/mol. The number of nitrogens with zero attached hydrogens (tertiary/aromatic N) is 3. The van der Waals surface area contributed by atoms with Gasteiger partial charge in [-0.05, 0) is 24.3 Å². The Morgan fingerprint density at radius 3 is 3.05 bits per heavy atom. The first-order valence-corrected chi connectivity index (χ1v) is 7.68. The molecule has 20 heavy (non-hydrogen) atoms. The molecule has 3 rings (SSSR count). The third-order valence-electron chi connectivity index (χ3n) is 3.33. The molecule has 1 aliphatic rings. The summed E-state index contributed by atoms with van der Waals surface area (Å²) in [5.74, 6) is 1.64. The molecule has 0 amide bonds. The predicted molar refractivity (Wildman–Crippen MR) is 80.8 cm³/mol. The van der Waals surface area contributed by atoms with Crippen LogP contribution < -0.4 is 5.32 Å². The summed E-state index contributed by atoms with van der Waals surface area (Å²) in [6, 6.07) is 4.01. The number of thiophene rings is 1. The van der Waals surface area contributed by atoms with Gasteiger partial charge in [0.25, 0.3) is 0 Å². The number of guanidine groups is 1. The predicted octanol–water partition coefficient (Wildman–Crippen LogP) is 2.57. The van der Waals surface area contributed by atoms with Crippen LogP contribution in [0.15, 0.2) is 33.2 Å². The Morgan fingerprint density at radius 2 is 2.35 bits per heavy atom. The quantitative estimate of drug-likeness (QED) is 0.697. The lowest BCUT2D eigenvalue weighted by Crippen LogP contribution is -2.39. The van der Waals surface area contributed by atoms with Gasteiger partial charge in [0.15, 0.2) is 5.96 Å². The molecule has 0 radical (unpaired) electrons. The van der Waals surface area contributed by atoms with Crippen LogP contribution in [0.25, 0.3) is 10.8 Å². The van der Waals surface area contributed by atoms with E-state index in [4.69, 9.17) is 4.42 Å². The van der Waals surface area contributed by atoms with Crippen LogP contribution in [-0.4, -0.2) is 36.0 Å². The maximum atomic E-state index is 5.51. The van der Waals surface area contributed by atoms with Crippen molar-refractivity contribution in [1.82, 2.24) is 15.2 Å². The van der Waals surface area contributed by atoms with Crippen molar-refractivity contribution in [3.05, 3.63) is 29.5 Å². The van der Waals surface area contributed by atoms with E-state index in [0.29, 0.717) is 12.4 Å². The van der Waals surface area contributed by atoms with Crippen molar-refractivity contribution in [2.75, 3.05) is 20.1 Å². The zero-order valence-electron chi connectivity index (χ0n) is 11.5. The number of aliphatic imine (C=N–C) groups is 1. The Kier molecular flexibility index (Phi) is 4.01. The molecule has 0 unspecified atom stereocenters. The highest BCUT2D eigenvalue weighted by atomic mass is 32.1. The molecule has 0 aliphatic carbocycles. The lowest BCUT2D eigenvalue weighted by Gasteiger charge is -2.20. The minimum Gasteiger partial charge on any atom is -0.443 e. The number of aromatic nitrogens is 1. The summed E-state index contributed by atoms with van der Waals surface area (Å²) in [6.45, 7) is 2.80. The summed E-state index contributed by atoms with van der Waals surface area (Å²) in [4.78, 5) is 12.1. The summed E-state index contributed by atoms with van der Waals surface area (Å²) < 4.78 is 5.51. The summed E-state index contributed by atoms with van der Waals surface area (Å²) >= 11 is 1.63. The molecule has 6 heteroatoms. The highest BCUT2D eigenvalue weighted by Crippen LogP contribution is 2.23. The maximum Gasteiger partial charge on any atom is 0.236 e. The molecule has 3 heterocycles. The van der Waals surface area contributed by atoms with Gasteiger partial charge >= 0.3 is 0 Å². The smallest absolute Gasteiger partial charge is 0.236 e. The van der Waals surface area contributed by atoms with E-state index in [1.807, 2.05) is 24.6 Å². The van der Waals surface area contributed by atoms with Crippen LogP contribution in [0.3, 0.4) is 0 Å². The van der Waals surface area contributed by atoms with E-state index in [9.17, 15) is 0 Å². The summed E-state index contributed by atoms with van der Waals surface area (Å²) in [5, 5.41) is 5.36. The number of rotatable bonds is 3. The van der Waals surface area contributed by atoms with E-state index in [2.05, 4.69) is 20.2 Å². The topological polar surface area (TPSA) is 53.7 Å². The van der Waals surface area contributed by atoms with Gasteiger partial charge < -0.3 is 14.6 Å². The van der Waals surface area contributed by atoms with Crippen LogP contribution in [0.5, 0.6) is 0 Å². The van der Waals surface area contributed by atoms with Gasteiger partial charge in [-0.3, -0.25) is 4.99 Å². The second-order valence-corrected chi connectivity index (χ2v) is 5.66. The molecule has 2 aromatic rings. The molecule has 0 saturated carbocycles. The summed E-state index contributed by atoms with van der Waals surface area (Å²) in [7, 11) is 1.82. The van der Waals surface area contributed by atoms with Crippen molar-refractivity contribution < 1.29 is 4.42 Å². The number of hydrogen-bond acceptors (Lipinski definition) is 4. The molecule has 0 bridgehead atoms. The van der Waals surface area contributed by atoms with Gasteiger partial charge in [-0.2, -0.15) is 0 Å². The Labute approximate surface area is 122 Å². The Hall–Kier alpha value is -1.82. The van der Waals surface area contributed by atoms with Gasteiger partial charge in [-0.1, -0.05) is 6.07 Å². The lowest BCUT2D eigenvalue weighted by molar-refractivity contribution is 0.492. The molecule has 1 aliphatic heterocycles. The summed E-state index contributed by atoms with van der Waals surface area (Å²) in [6.07, 6.45) is 4.19. The Morgan fingerprint density at radius 1 is 1.50 bits per heavy atom. The monoisotopic (exact) mass is 290 g/mol. The van der Waals surface area contributed by atoms with Crippen LogP contribution in [0.2, 0.25) is 0 Å². The SMILES string of the molecule is CN=C(NCc1coc(-c2cccs2)n1)N1CCCC1. The molecular weight excluding hydrogens is 272 g/mol. The lowest BCUT2D eigenvalue weighted by atomic mass is 10.4. The second kappa shape index (κ2) is 6.09. The first-order valence-electron chi connectivity index (χ1n) is 6.80. The van der Waals surface area contributed by atoms with Gasteiger partial charge in [0.05, 0.1) is 17.1 Å². The van der Waals surface area contributed by atoms with Crippen molar-refractivity contribution >= 4 is 17.3 Å². The zero-order valence-corrected chi connectivity index (χ0v) is 12.3. The maximum absolute atomic E-state index is 5.51. The van der Waals surface area contributed by atoms with E-state index in [1.54, 1.807) is 17.6 Å². The minimum absolute atomic E-state index is 0.637. The van der Waals surface area contributed by atoms with Gasteiger partial charge in [-0.25, -0.2) is 4.98 Å². The number of nitrogens with one attached hydrogen (secondary N) is 1. The van der Waals surface area contributed by atoms with Gasteiger partial charge in [0.2, 0.25) is 5.89 Å². The fourth-order valence-corrected chi connectivity index (χ4v) is 2.99. The van der Waals surface area contributed by atoms with Crippen molar-refractivity contribution in [2.24, 2.45) is 4.99 Å². The Balaban J connectivity index is 1.61. The van der Waals surface area contributed by atoms with E-state index in [1.165, 1.54) is 12.8 Å². The standard InChI is InChI=1S/C14H18N4OS/c1-15-14(18-6-2-3-7-18)16-9-11-10-19-13(17-11)12-5-4-8-20-12/h4-5,8,10H,2-3,6-7,9H2,1H3,(H,15,16). The van der Waals surface area contributed by atoms with Crippen LogP contribution in [0.1, 0.15) is 18.5 Å². The molecule has 1 saturated heterocycles. The van der Waals surface area contributed by atoms with Crippen LogP contribution in [-0.2, 0) is 6.54 Å². The van der Waals surface area contributed by atoms with E-state index in [0.717, 1.165) is 29.6 Å². The molecule has 106 valence electrons. The second-order valence-electron chi connectivity index (χ2n) is 4.72. The fraction of sp³-hybridized carbons (Fsp3) is 0.429. The van der Waals surface area contributed by atoms with Gasteiger partial charge in [0.1, 0.15) is 6.26 Å². The number of oxazole rings is 1. The molecule has 2 aromatic heterocycles. The molecule has 0 aromatic carbocycles. The van der Waals surface area contributed by atoms with Crippen LogP contribution in [0.4, 0.5) is 0 Å². The minimum atomic E-state index is 0.637. The first kappa shape index (κ1) is 13.2. The van der Waals surface area contributed by atoms with Crippen molar-refractivity contribution in [2.45, 2.75) is 19.4 Å². The first-order chi connectivity index (χ1) is 9.86. The average Bonchev–Trinajstić information content (AvgIpc) is 3.22. The molecular formula is C14H18N4OS. The molecule has 0 spiro atoms. The fourth-order valence-electron chi connectivity index (χ4n) is 2.33. The van der Waals surface area contributed by atoms with Gasteiger partial charge in [-0.15, -0.1) is 11.3 Å². The molecule has 5 nitrogen and oxygen atoms in total. The third kappa shape index (κ3) is 2.85. The van der Waals surface area contributed by atoms with Crippen LogP contribution >= 0.6 is 11.3 Å². The van der Waals surface area contributed by atoms with E-state index < -0.39 is 0 Å². The Bertz CT molecular complexity index is 570. The molecule has 0 atom stereocenters. The molecule has 1 fully saturated rings. The number of hydrogen-bond donors (Lipinski definition) is 1. The van der Waals surface area contributed by atoms with Crippen LogP contribution in [0, 0.1) is 0 Å². The molecule has 1 N–H and O–H groups in total. The normalized spacial score (nSPS) is 15.8.